The minimum Gasteiger partial charge on any atom is -0.336 e. The van der Waals surface area contributed by atoms with Gasteiger partial charge in [-0.15, -0.1) is 11.3 Å². The van der Waals surface area contributed by atoms with Gasteiger partial charge in [0, 0.05) is 35.9 Å². The van der Waals surface area contributed by atoms with Gasteiger partial charge >= 0.3 is 0 Å². The van der Waals surface area contributed by atoms with Crippen molar-refractivity contribution in [2.24, 2.45) is 0 Å². The van der Waals surface area contributed by atoms with Gasteiger partial charge in [0.25, 0.3) is 0 Å². The molecule has 0 aliphatic carbocycles. The van der Waals surface area contributed by atoms with Gasteiger partial charge in [-0.05, 0) is 27.7 Å². The van der Waals surface area contributed by atoms with E-state index in [1.54, 1.807) is 11.3 Å². The Balaban J connectivity index is 1.94. The average molecular weight is 264 g/mol. The van der Waals surface area contributed by atoms with E-state index in [1.165, 1.54) is 4.88 Å². The third-order valence-corrected chi connectivity index (χ3v) is 4.17. The smallest absolute Gasteiger partial charge is 0.0946 e. The van der Waals surface area contributed by atoms with E-state index in [4.69, 9.17) is 0 Å². The van der Waals surface area contributed by atoms with Crippen molar-refractivity contribution < 1.29 is 0 Å². The molecule has 0 aliphatic heterocycles. The molecule has 0 fully saturated rings. The second-order valence-corrected chi connectivity index (χ2v) is 5.97. The molecule has 0 bridgehead atoms. The van der Waals surface area contributed by atoms with Gasteiger partial charge in [-0.3, -0.25) is 0 Å². The highest BCUT2D eigenvalue weighted by molar-refractivity contribution is 7.11. The molecule has 2 aromatic rings. The lowest BCUT2D eigenvalue weighted by molar-refractivity contribution is 0.432. The van der Waals surface area contributed by atoms with Gasteiger partial charge in [0.15, 0.2) is 0 Å². The van der Waals surface area contributed by atoms with Crippen LogP contribution < -0.4 is 5.32 Å². The van der Waals surface area contributed by atoms with Crippen molar-refractivity contribution in [3.63, 3.8) is 0 Å². The molecule has 4 nitrogen and oxygen atoms in total. The first-order valence-electron chi connectivity index (χ1n) is 6.22. The maximum absolute atomic E-state index is 4.48. The molecule has 0 spiro atoms. The third kappa shape index (κ3) is 3.17. The van der Waals surface area contributed by atoms with E-state index in [1.807, 2.05) is 18.7 Å². The van der Waals surface area contributed by atoms with Crippen molar-refractivity contribution in [2.45, 2.75) is 46.3 Å². The van der Waals surface area contributed by atoms with Crippen molar-refractivity contribution in [1.29, 1.82) is 0 Å². The van der Waals surface area contributed by atoms with Crippen LogP contribution in [0.3, 0.4) is 0 Å². The van der Waals surface area contributed by atoms with Crippen molar-refractivity contribution in [3.05, 3.63) is 34.3 Å². The summed E-state index contributed by atoms with van der Waals surface area (Å²) in [6, 6.07) is 0.741. The van der Waals surface area contributed by atoms with E-state index in [9.17, 15) is 0 Å². The van der Waals surface area contributed by atoms with Gasteiger partial charge in [-0.2, -0.15) is 0 Å². The number of rotatable bonds is 5. The van der Waals surface area contributed by atoms with Crippen molar-refractivity contribution in [1.82, 2.24) is 19.9 Å². The number of aryl methyl sites for hydroxylation is 2. The molecule has 0 radical (unpaired) electrons. The van der Waals surface area contributed by atoms with Crippen LogP contribution in [0.25, 0.3) is 0 Å². The van der Waals surface area contributed by atoms with Gasteiger partial charge in [0.1, 0.15) is 0 Å². The van der Waals surface area contributed by atoms with E-state index >= 15 is 0 Å². The standard InChI is InChI=1S/C13H20N4S/c1-9(7-17-6-5-14-8-17)15-10(2)13-11(3)16-12(4)18-13/h5-6,8-10,15H,7H2,1-4H3. The van der Waals surface area contributed by atoms with Crippen molar-refractivity contribution in [3.8, 4) is 0 Å². The Kier molecular flexibility index (Phi) is 4.14. The average Bonchev–Trinajstić information content (AvgIpc) is 2.88. The van der Waals surface area contributed by atoms with Gasteiger partial charge in [0.2, 0.25) is 0 Å². The van der Waals surface area contributed by atoms with Crippen LogP contribution in [0.1, 0.15) is 35.5 Å². The number of nitrogens with one attached hydrogen (secondary N) is 1. The molecule has 18 heavy (non-hydrogen) atoms. The summed E-state index contributed by atoms with van der Waals surface area (Å²) in [5.74, 6) is 0. The first-order chi connectivity index (χ1) is 8.56. The molecular formula is C13H20N4S. The Morgan fingerprint density at radius 2 is 2.17 bits per heavy atom. The van der Waals surface area contributed by atoms with Crippen LogP contribution in [0.2, 0.25) is 0 Å². The Morgan fingerprint density at radius 3 is 2.72 bits per heavy atom. The van der Waals surface area contributed by atoms with Crippen LogP contribution in [0, 0.1) is 13.8 Å². The summed E-state index contributed by atoms with van der Waals surface area (Å²) >= 11 is 1.78. The molecule has 2 atom stereocenters. The molecule has 2 unspecified atom stereocenters. The summed E-state index contributed by atoms with van der Waals surface area (Å²) in [6.45, 7) is 9.46. The van der Waals surface area contributed by atoms with Crippen LogP contribution in [-0.2, 0) is 6.54 Å². The lowest BCUT2D eigenvalue weighted by Crippen LogP contribution is -2.32. The maximum atomic E-state index is 4.48. The highest BCUT2D eigenvalue weighted by atomic mass is 32.1. The predicted molar refractivity (Wildman–Crippen MR) is 74.8 cm³/mol. The minimum absolute atomic E-state index is 0.342. The molecule has 1 N–H and O–H groups in total. The van der Waals surface area contributed by atoms with Crippen molar-refractivity contribution >= 4 is 11.3 Å². The molecule has 2 aromatic heterocycles. The number of hydrogen-bond donors (Lipinski definition) is 1. The fourth-order valence-electron chi connectivity index (χ4n) is 2.21. The Bertz CT molecular complexity index is 489. The quantitative estimate of drug-likeness (QED) is 0.903. The fraction of sp³-hybridized carbons (Fsp3) is 0.538. The molecule has 0 aromatic carbocycles. The van der Waals surface area contributed by atoms with E-state index in [-0.39, 0.29) is 0 Å². The number of imidazole rings is 1. The zero-order valence-electron chi connectivity index (χ0n) is 11.3. The summed E-state index contributed by atoms with van der Waals surface area (Å²) in [5.41, 5.74) is 1.15. The second-order valence-electron chi connectivity index (χ2n) is 4.73. The Hall–Kier alpha value is -1.20. The summed E-state index contributed by atoms with van der Waals surface area (Å²) in [7, 11) is 0. The van der Waals surface area contributed by atoms with Crippen LogP contribution in [0.5, 0.6) is 0 Å². The van der Waals surface area contributed by atoms with Crippen molar-refractivity contribution in [2.75, 3.05) is 0 Å². The van der Waals surface area contributed by atoms with Crippen LogP contribution in [-0.4, -0.2) is 20.6 Å². The highest BCUT2D eigenvalue weighted by Gasteiger charge is 2.15. The number of thiazole rings is 1. The normalized spacial score (nSPS) is 14.7. The topological polar surface area (TPSA) is 42.7 Å². The summed E-state index contributed by atoms with van der Waals surface area (Å²) in [4.78, 5) is 9.87. The fourth-order valence-corrected chi connectivity index (χ4v) is 3.15. The van der Waals surface area contributed by atoms with Gasteiger partial charge < -0.3 is 9.88 Å². The predicted octanol–water partition coefficient (Wildman–Crippen LogP) is 2.70. The van der Waals surface area contributed by atoms with E-state index in [2.05, 4.69) is 47.5 Å². The first kappa shape index (κ1) is 13.2. The SMILES string of the molecule is Cc1nc(C)c(C(C)NC(C)Cn2ccnc2)s1. The van der Waals surface area contributed by atoms with Crippen LogP contribution in [0.15, 0.2) is 18.7 Å². The molecule has 5 heteroatoms. The Morgan fingerprint density at radius 1 is 1.39 bits per heavy atom. The monoisotopic (exact) mass is 264 g/mol. The minimum atomic E-state index is 0.342. The first-order valence-corrected chi connectivity index (χ1v) is 7.03. The van der Waals surface area contributed by atoms with Gasteiger partial charge in [-0.25, -0.2) is 9.97 Å². The maximum Gasteiger partial charge on any atom is 0.0946 e. The molecule has 0 amide bonds. The summed E-state index contributed by atoms with van der Waals surface area (Å²) in [5, 5.41) is 4.75. The van der Waals surface area contributed by atoms with Crippen LogP contribution >= 0.6 is 11.3 Å². The van der Waals surface area contributed by atoms with E-state index < -0.39 is 0 Å². The van der Waals surface area contributed by atoms with Gasteiger partial charge in [-0.1, -0.05) is 0 Å². The lowest BCUT2D eigenvalue weighted by Gasteiger charge is -2.19. The number of aromatic nitrogens is 3. The molecule has 2 rings (SSSR count). The highest BCUT2D eigenvalue weighted by Crippen LogP contribution is 2.24. The van der Waals surface area contributed by atoms with E-state index in [0.717, 1.165) is 17.2 Å². The molecule has 0 saturated heterocycles. The zero-order chi connectivity index (χ0) is 13.1. The molecule has 0 aliphatic rings. The Labute approximate surface area is 112 Å². The second kappa shape index (κ2) is 5.63. The van der Waals surface area contributed by atoms with E-state index in [0.29, 0.717) is 12.1 Å². The molecule has 98 valence electrons. The summed E-state index contributed by atoms with van der Waals surface area (Å²) in [6.07, 6.45) is 5.66. The summed E-state index contributed by atoms with van der Waals surface area (Å²) < 4.78 is 2.09. The number of hydrogen-bond acceptors (Lipinski definition) is 4. The van der Waals surface area contributed by atoms with Gasteiger partial charge in [0.05, 0.1) is 17.0 Å². The molecular weight excluding hydrogens is 244 g/mol. The molecule has 0 saturated carbocycles. The number of nitrogens with zero attached hydrogens (tertiary/aromatic N) is 3. The molecule has 2 heterocycles. The van der Waals surface area contributed by atoms with Crippen LogP contribution in [0.4, 0.5) is 0 Å². The third-order valence-electron chi connectivity index (χ3n) is 2.91. The zero-order valence-corrected chi connectivity index (χ0v) is 12.2. The lowest BCUT2D eigenvalue weighted by atomic mass is 10.2. The largest absolute Gasteiger partial charge is 0.336 e.